The minimum atomic E-state index is -0.743. The highest BCUT2D eigenvalue weighted by Crippen LogP contribution is 2.41. The number of aromatic amines is 2. The van der Waals surface area contributed by atoms with Crippen molar-refractivity contribution >= 4 is 21.8 Å². The highest BCUT2D eigenvalue weighted by Gasteiger charge is 2.23. The lowest BCUT2D eigenvalue weighted by Crippen LogP contribution is -2.53. The van der Waals surface area contributed by atoms with Crippen LogP contribution in [0.3, 0.4) is 0 Å². The number of nitrogens with zero attached hydrogens (tertiary/aromatic N) is 2. The molecule has 2 aromatic rings. The van der Waals surface area contributed by atoms with Crippen LogP contribution < -0.4 is 9.13 Å². The van der Waals surface area contributed by atoms with Crippen molar-refractivity contribution in [3.63, 3.8) is 0 Å². The second-order valence-electron chi connectivity index (χ2n) is 5.33. The summed E-state index contributed by atoms with van der Waals surface area (Å²) < 4.78 is 4.60. The van der Waals surface area contributed by atoms with E-state index in [0.29, 0.717) is 0 Å². The molecule has 0 aliphatic carbocycles. The lowest BCUT2D eigenvalue weighted by atomic mass is 10.4. The van der Waals surface area contributed by atoms with Gasteiger partial charge in [-0.1, -0.05) is 0 Å². The van der Waals surface area contributed by atoms with E-state index in [9.17, 15) is 0 Å². The summed E-state index contributed by atoms with van der Waals surface area (Å²) in [7, 11) is -0.743. The van der Waals surface area contributed by atoms with Crippen molar-refractivity contribution < 1.29 is 9.13 Å². The summed E-state index contributed by atoms with van der Waals surface area (Å²) in [6, 6.07) is 0. The maximum atomic E-state index is 3.39. The summed E-state index contributed by atoms with van der Waals surface area (Å²) >= 11 is 1.88. The van der Waals surface area contributed by atoms with Gasteiger partial charge in [0.05, 0.1) is 6.42 Å². The lowest BCUT2D eigenvalue weighted by Gasteiger charge is -2.19. The summed E-state index contributed by atoms with van der Waals surface area (Å²) in [5.41, 5.74) is 0. The molecule has 0 spiro atoms. The standard InChI is InChI=1S/C13H22N4S2/c1-18-10-5-12-14-6-8-16(12)11-17-9-7-15-13(17)19(2,3)4/h6-9H,5,10-11H2,1-4H3/p+2. The van der Waals surface area contributed by atoms with Crippen molar-refractivity contribution in [2.45, 2.75) is 18.2 Å². The van der Waals surface area contributed by atoms with E-state index in [1.54, 1.807) is 0 Å². The van der Waals surface area contributed by atoms with Gasteiger partial charge in [-0.2, -0.15) is 20.9 Å². The van der Waals surface area contributed by atoms with Gasteiger partial charge in [0.1, 0.15) is 24.8 Å². The number of H-pyrrole nitrogens is 2. The molecule has 0 saturated heterocycles. The van der Waals surface area contributed by atoms with Crippen LogP contribution in [0.25, 0.3) is 0 Å². The molecule has 0 unspecified atom stereocenters. The van der Waals surface area contributed by atoms with E-state index < -0.39 is 10.0 Å². The molecule has 0 radical (unpaired) electrons. The van der Waals surface area contributed by atoms with E-state index in [0.717, 1.165) is 18.8 Å². The zero-order chi connectivity index (χ0) is 13.9. The Kier molecular flexibility index (Phi) is 4.62. The van der Waals surface area contributed by atoms with Gasteiger partial charge in [0.2, 0.25) is 6.67 Å². The highest BCUT2D eigenvalue weighted by molar-refractivity contribution is 8.31. The largest absolute Gasteiger partial charge is 0.300 e. The van der Waals surface area contributed by atoms with Gasteiger partial charge >= 0.3 is 0 Å². The molecule has 0 atom stereocenters. The van der Waals surface area contributed by atoms with Crippen molar-refractivity contribution in [2.75, 3.05) is 30.8 Å². The third-order valence-corrected chi connectivity index (χ3v) is 5.13. The Morgan fingerprint density at radius 1 is 1.11 bits per heavy atom. The van der Waals surface area contributed by atoms with Crippen molar-refractivity contribution in [1.29, 1.82) is 0 Å². The van der Waals surface area contributed by atoms with Crippen LogP contribution in [0.1, 0.15) is 5.82 Å². The van der Waals surface area contributed by atoms with Crippen LogP contribution >= 0.6 is 21.8 Å². The van der Waals surface area contributed by atoms with Crippen LogP contribution in [0.4, 0.5) is 0 Å². The van der Waals surface area contributed by atoms with E-state index >= 15 is 0 Å². The number of hydrogen-bond donors (Lipinski definition) is 2. The predicted octanol–water partition coefficient (Wildman–Crippen LogP) is 1.38. The third-order valence-electron chi connectivity index (χ3n) is 3.00. The summed E-state index contributed by atoms with van der Waals surface area (Å²) in [6.07, 6.45) is 18.5. The lowest BCUT2D eigenvalue weighted by molar-refractivity contribution is -0.931. The number of hydrogen-bond acceptors (Lipinski definition) is 1. The molecule has 6 heteroatoms. The Balaban J connectivity index is 2.18. The van der Waals surface area contributed by atoms with Gasteiger partial charge in [0.25, 0.3) is 11.0 Å². The average Bonchev–Trinajstić information content (AvgIpc) is 2.95. The summed E-state index contributed by atoms with van der Waals surface area (Å²) in [4.78, 5) is 6.74. The second kappa shape index (κ2) is 6.05. The fourth-order valence-corrected chi connectivity index (χ4v) is 3.74. The van der Waals surface area contributed by atoms with Crippen molar-refractivity contribution in [3.8, 4) is 0 Å². The van der Waals surface area contributed by atoms with E-state index in [-0.39, 0.29) is 0 Å². The molecule has 0 bridgehead atoms. The number of imidazole rings is 2. The summed E-state index contributed by atoms with van der Waals surface area (Å²) in [5.74, 6) is 2.44. The third kappa shape index (κ3) is 3.57. The van der Waals surface area contributed by atoms with Gasteiger partial charge in [0, 0.05) is 5.75 Å². The zero-order valence-electron chi connectivity index (χ0n) is 12.1. The molecule has 2 N–H and O–H groups in total. The molecule has 2 heterocycles. The van der Waals surface area contributed by atoms with Crippen molar-refractivity contribution in [1.82, 2.24) is 9.97 Å². The maximum absolute atomic E-state index is 3.39. The number of rotatable bonds is 6. The van der Waals surface area contributed by atoms with Crippen molar-refractivity contribution in [3.05, 3.63) is 30.6 Å². The van der Waals surface area contributed by atoms with Crippen LogP contribution in [-0.2, 0) is 13.1 Å². The Morgan fingerprint density at radius 2 is 1.79 bits per heavy atom. The summed E-state index contributed by atoms with van der Waals surface area (Å²) in [5, 5.41) is 1.33. The van der Waals surface area contributed by atoms with Crippen molar-refractivity contribution in [2.24, 2.45) is 0 Å². The normalized spacial score (nSPS) is 12.8. The zero-order valence-corrected chi connectivity index (χ0v) is 13.8. The predicted molar refractivity (Wildman–Crippen MR) is 83.1 cm³/mol. The molecule has 2 rings (SSSR count). The van der Waals surface area contributed by atoms with Crippen LogP contribution in [-0.4, -0.2) is 40.7 Å². The first-order chi connectivity index (χ1) is 9.02. The molecule has 0 aliphatic rings. The molecule has 0 aliphatic heterocycles. The SMILES string of the molecule is CSCCc1[nH]cc[n+]1C[n+]1cc[nH]c1S(C)(C)C. The molecule has 19 heavy (non-hydrogen) atoms. The molecular weight excluding hydrogens is 276 g/mol. The summed E-state index contributed by atoms with van der Waals surface area (Å²) in [6.45, 7) is 0.871. The molecule has 0 amide bonds. The Morgan fingerprint density at radius 3 is 2.47 bits per heavy atom. The first-order valence-electron chi connectivity index (χ1n) is 6.32. The van der Waals surface area contributed by atoms with Gasteiger partial charge < -0.3 is 0 Å². The molecule has 4 nitrogen and oxygen atoms in total. The Labute approximate surface area is 121 Å². The number of aryl methyl sites for hydroxylation is 1. The smallest absolute Gasteiger partial charge is 0.247 e. The minimum absolute atomic E-state index is 0.743. The van der Waals surface area contributed by atoms with E-state index in [4.69, 9.17) is 0 Å². The van der Waals surface area contributed by atoms with Crippen LogP contribution in [0.15, 0.2) is 29.9 Å². The van der Waals surface area contributed by atoms with Gasteiger partial charge in [-0.3, -0.25) is 0 Å². The molecule has 0 saturated carbocycles. The fraction of sp³-hybridized carbons (Fsp3) is 0.538. The molecule has 0 aromatic carbocycles. The molecular formula is C13H24N4S2+2. The number of thioether (sulfide) groups is 1. The first kappa shape index (κ1) is 14.5. The van der Waals surface area contributed by atoms with E-state index in [2.05, 4.69) is 56.5 Å². The number of aromatic nitrogens is 4. The van der Waals surface area contributed by atoms with Gasteiger partial charge in [-0.15, -0.1) is 10.0 Å². The quantitative estimate of drug-likeness (QED) is 0.778. The monoisotopic (exact) mass is 300 g/mol. The van der Waals surface area contributed by atoms with Crippen LogP contribution in [0, 0.1) is 0 Å². The van der Waals surface area contributed by atoms with E-state index in [1.165, 1.54) is 11.0 Å². The molecule has 0 fully saturated rings. The fourth-order valence-electron chi connectivity index (χ4n) is 2.10. The van der Waals surface area contributed by atoms with E-state index in [1.807, 2.05) is 24.2 Å². The molecule has 106 valence electrons. The number of nitrogens with one attached hydrogen (secondary N) is 2. The second-order valence-corrected chi connectivity index (χ2v) is 10.4. The van der Waals surface area contributed by atoms with Gasteiger partial charge in [0.15, 0.2) is 0 Å². The Bertz CT molecular complexity index is 525. The minimum Gasteiger partial charge on any atom is -0.247 e. The van der Waals surface area contributed by atoms with Crippen LogP contribution in [0.2, 0.25) is 0 Å². The average molecular weight is 300 g/mol. The van der Waals surface area contributed by atoms with Gasteiger partial charge in [-0.05, 0) is 25.0 Å². The topological polar surface area (TPSA) is 39.3 Å². The van der Waals surface area contributed by atoms with Gasteiger partial charge in [-0.25, -0.2) is 9.97 Å². The first-order valence-corrected chi connectivity index (χ1v) is 10.6. The van der Waals surface area contributed by atoms with Crippen LogP contribution in [0.5, 0.6) is 0 Å². The highest BCUT2D eigenvalue weighted by atomic mass is 32.3. The maximum Gasteiger partial charge on any atom is 0.300 e. The molecule has 2 aromatic heterocycles. The Hall–Kier alpha value is -0.880.